The Morgan fingerprint density at radius 3 is 2.53 bits per heavy atom. The number of H-pyrrole nitrogens is 1. The van der Waals surface area contributed by atoms with E-state index in [9.17, 15) is 14.4 Å². The van der Waals surface area contributed by atoms with E-state index in [4.69, 9.17) is 10.2 Å². The number of aromatic nitrogens is 2. The van der Waals surface area contributed by atoms with Crippen molar-refractivity contribution in [3.63, 3.8) is 0 Å². The van der Waals surface area contributed by atoms with Gasteiger partial charge in [0.2, 0.25) is 5.91 Å². The number of hydrogen-bond donors (Lipinski definition) is 3. The van der Waals surface area contributed by atoms with E-state index >= 15 is 0 Å². The first-order valence-electron chi connectivity index (χ1n) is 9.96. The van der Waals surface area contributed by atoms with Crippen molar-refractivity contribution in [3.8, 4) is 0 Å². The highest BCUT2D eigenvalue weighted by Crippen LogP contribution is 2.19. The molecule has 4 rings (SSSR count). The zero-order chi connectivity index (χ0) is 22.5. The lowest BCUT2D eigenvalue weighted by atomic mass is 10.2. The van der Waals surface area contributed by atoms with Crippen LogP contribution in [0.25, 0.3) is 0 Å². The van der Waals surface area contributed by atoms with Gasteiger partial charge >= 0.3 is 0 Å². The average molecular weight is 455 g/mol. The normalized spacial score (nSPS) is 13.8. The number of furan rings is 1. The van der Waals surface area contributed by atoms with Crippen molar-refractivity contribution < 1.29 is 14.0 Å². The maximum atomic E-state index is 12.6. The number of thioether (sulfide) groups is 1. The Labute approximate surface area is 187 Å². The molecule has 1 saturated heterocycles. The van der Waals surface area contributed by atoms with Gasteiger partial charge in [-0.05, 0) is 24.3 Å². The molecular formula is C21H22N6O4S. The zero-order valence-electron chi connectivity index (χ0n) is 17.1. The van der Waals surface area contributed by atoms with Gasteiger partial charge in [-0.15, -0.1) is 0 Å². The van der Waals surface area contributed by atoms with Crippen molar-refractivity contribution in [2.45, 2.75) is 5.16 Å². The highest BCUT2D eigenvalue weighted by molar-refractivity contribution is 7.99. The molecule has 0 radical (unpaired) electrons. The summed E-state index contributed by atoms with van der Waals surface area (Å²) in [6.07, 6.45) is 1.35. The van der Waals surface area contributed by atoms with Crippen LogP contribution < -0.4 is 21.5 Å². The summed E-state index contributed by atoms with van der Waals surface area (Å²) in [5.74, 6) is -0.634. The molecule has 10 nitrogen and oxygen atoms in total. The minimum Gasteiger partial charge on any atom is -0.459 e. The predicted molar refractivity (Wildman–Crippen MR) is 122 cm³/mol. The van der Waals surface area contributed by atoms with E-state index in [1.807, 2.05) is 18.2 Å². The molecule has 0 aliphatic carbocycles. The molecule has 0 saturated carbocycles. The quantitative estimate of drug-likeness (QED) is 0.378. The third-order valence-corrected chi connectivity index (χ3v) is 5.85. The lowest BCUT2D eigenvalue weighted by molar-refractivity contribution is -0.128. The number of nitrogens with one attached hydrogen (secondary N) is 2. The van der Waals surface area contributed by atoms with Gasteiger partial charge in [0.25, 0.3) is 11.5 Å². The molecule has 11 heteroatoms. The van der Waals surface area contributed by atoms with Crippen molar-refractivity contribution >= 4 is 40.8 Å². The third-order valence-electron chi connectivity index (χ3n) is 5.00. The number of rotatable bonds is 6. The van der Waals surface area contributed by atoms with Crippen molar-refractivity contribution in [1.29, 1.82) is 0 Å². The summed E-state index contributed by atoms with van der Waals surface area (Å²) >= 11 is 1.09. The first-order valence-corrected chi connectivity index (χ1v) is 10.9. The smallest absolute Gasteiger partial charge is 0.291 e. The number of amides is 2. The van der Waals surface area contributed by atoms with Gasteiger partial charge < -0.3 is 25.3 Å². The molecule has 32 heavy (non-hydrogen) atoms. The highest BCUT2D eigenvalue weighted by atomic mass is 32.2. The van der Waals surface area contributed by atoms with Crippen molar-refractivity contribution in [1.82, 2.24) is 14.9 Å². The maximum absolute atomic E-state index is 12.6. The van der Waals surface area contributed by atoms with E-state index in [2.05, 4.69) is 32.3 Å². The maximum Gasteiger partial charge on any atom is 0.291 e. The number of piperazine rings is 1. The zero-order valence-corrected chi connectivity index (χ0v) is 17.9. The molecular weight excluding hydrogens is 432 g/mol. The largest absolute Gasteiger partial charge is 0.459 e. The second kappa shape index (κ2) is 9.60. The fourth-order valence-electron chi connectivity index (χ4n) is 3.32. The van der Waals surface area contributed by atoms with Gasteiger partial charge in [-0.25, -0.2) is 4.98 Å². The third kappa shape index (κ3) is 4.94. The SMILES string of the molecule is Nc1nc(SCC(=O)N2CCN(c3ccccc3)CC2)[nH]c(=O)c1NC(=O)c1ccco1. The van der Waals surface area contributed by atoms with E-state index in [0.29, 0.717) is 13.1 Å². The van der Waals surface area contributed by atoms with Crippen LogP contribution in [-0.2, 0) is 4.79 Å². The van der Waals surface area contributed by atoms with Gasteiger partial charge in [0.05, 0.1) is 12.0 Å². The average Bonchev–Trinajstić information content (AvgIpc) is 3.36. The van der Waals surface area contributed by atoms with Gasteiger partial charge in [-0.2, -0.15) is 0 Å². The highest BCUT2D eigenvalue weighted by Gasteiger charge is 2.22. The number of benzene rings is 1. The molecule has 166 valence electrons. The molecule has 0 bridgehead atoms. The summed E-state index contributed by atoms with van der Waals surface area (Å²) in [6.45, 7) is 2.76. The molecule has 0 atom stereocenters. The molecule has 1 aliphatic heterocycles. The molecule has 3 heterocycles. The number of nitrogen functional groups attached to an aromatic ring is 1. The van der Waals surface area contributed by atoms with Gasteiger partial charge in [-0.3, -0.25) is 19.4 Å². The first-order chi connectivity index (χ1) is 15.5. The molecule has 1 fully saturated rings. The number of carbonyl (C=O) groups is 2. The Hall–Kier alpha value is -3.73. The number of hydrogen-bond acceptors (Lipinski definition) is 8. The summed E-state index contributed by atoms with van der Waals surface area (Å²) in [7, 11) is 0. The van der Waals surface area contributed by atoms with E-state index in [0.717, 1.165) is 30.5 Å². The monoisotopic (exact) mass is 454 g/mol. The molecule has 3 aromatic rings. The Balaban J connectivity index is 1.31. The van der Waals surface area contributed by atoms with E-state index in [-0.39, 0.29) is 34.1 Å². The van der Waals surface area contributed by atoms with Crippen molar-refractivity contribution in [2.24, 2.45) is 0 Å². The Kier molecular flexibility index (Phi) is 6.45. The molecule has 2 amide bonds. The van der Waals surface area contributed by atoms with Gasteiger partial charge in [0.1, 0.15) is 0 Å². The second-order valence-electron chi connectivity index (χ2n) is 7.05. The molecule has 0 unspecified atom stereocenters. The predicted octanol–water partition coefficient (Wildman–Crippen LogP) is 1.64. The van der Waals surface area contributed by atoms with Crippen LogP contribution in [0, 0.1) is 0 Å². The molecule has 4 N–H and O–H groups in total. The lowest BCUT2D eigenvalue weighted by Crippen LogP contribution is -2.49. The van der Waals surface area contributed by atoms with Crippen LogP contribution in [0.1, 0.15) is 10.6 Å². The first kappa shape index (κ1) is 21.5. The van der Waals surface area contributed by atoms with Crippen LogP contribution in [-0.4, -0.2) is 58.6 Å². The Morgan fingerprint density at radius 1 is 1.12 bits per heavy atom. The molecule has 0 spiro atoms. The minimum atomic E-state index is -0.612. The molecule has 2 aromatic heterocycles. The fourth-order valence-corrected chi connectivity index (χ4v) is 4.09. The standard InChI is InChI=1S/C21H22N6O4S/c22-18-17(23-19(29)15-7-4-12-31-15)20(30)25-21(24-18)32-13-16(28)27-10-8-26(9-11-27)14-5-2-1-3-6-14/h1-7,12H,8-11,13H2,(H,23,29)(H3,22,24,25,30). The Morgan fingerprint density at radius 2 is 1.88 bits per heavy atom. The van der Waals surface area contributed by atoms with E-state index in [1.54, 1.807) is 11.0 Å². The van der Waals surface area contributed by atoms with Crippen LogP contribution in [0.15, 0.2) is 63.1 Å². The summed E-state index contributed by atoms with van der Waals surface area (Å²) in [5.41, 5.74) is 6.22. The summed E-state index contributed by atoms with van der Waals surface area (Å²) in [5, 5.41) is 2.60. The Bertz CT molecular complexity index is 1140. The minimum absolute atomic E-state index is 0.0419. The number of carbonyl (C=O) groups excluding carboxylic acids is 2. The number of para-hydroxylation sites is 1. The number of aromatic amines is 1. The molecule has 1 aliphatic rings. The van der Waals surface area contributed by atoms with Gasteiger partial charge in [0.15, 0.2) is 22.4 Å². The van der Waals surface area contributed by atoms with Crippen molar-refractivity contribution in [2.75, 3.05) is 47.9 Å². The summed E-state index contributed by atoms with van der Waals surface area (Å²) < 4.78 is 4.99. The summed E-state index contributed by atoms with van der Waals surface area (Å²) in [6, 6.07) is 13.1. The lowest BCUT2D eigenvalue weighted by Gasteiger charge is -2.36. The summed E-state index contributed by atoms with van der Waals surface area (Å²) in [4.78, 5) is 47.7. The molecule has 1 aromatic carbocycles. The van der Waals surface area contributed by atoms with Gasteiger partial charge in [-0.1, -0.05) is 30.0 Å². The van der Waals surface area contributed by atoms with Gasteiger partial charge in [0, 0.05) is 31.9 Å². The van der Waals surface area contributed by atoms with Crippen molar-refractivity contribution in [3.05, 3.63) is 64.8 Å². The topological polar surface area (TPSA) is 138 Å². The van der Waals surface area contributed by atoms with Crippen LogP contribution in [0.2, 0.25) is 0 Å². The van der Waals surface area contributed by atoms with Crippen LogP contribution >= 0.6 is 11.8 Å². The van der Waals surface area contributed by atoms with E-state index < -0.39 is 11.5 Å². The number of anilines is 3. The van der Waals surface area contributed by atoms with Crippen LogP contribution in [0.3, 0.4) is 0 Å². The second-order valence-corrected chi connectivity index (χ2v) is 8.02. The van der Waals surface area contributed by atoms with E-state index in [1.165, 1.54) is 12.3 Å². The number of nitrogens with two attached hydrogens (primary N) is 1. The fraction of sp³-hybridized carbons (Fsp3) is 0.238. The van der Waals surface area contributed by atoms with Crippen LogP contribution in [0.4, 0.5) is 17.2 Å². The van der Waals surface area contributed by atoms with Crippen LogP contribution in [0.5, 0.6) is 0 Å². The number of nitrogens with zero attached hydrogens (tertiary/aromatic N) is 3.